The molecule has 0 aromatic carbocycles. The molecule has 0 spiro atoms. The summed E-state index contributed by atoms with van der Waals surface area (Å²) in [6.45, 7) is 7.67. The van der Waals surface area contributed by atoms with Gasteiger partial charge in [0, 0.05) is 26.7 Å². The number of allylic oxidation sites excluding steroid dienone is 2. The fourth-order valence-corrected chi connectivity index (χ4v) is 5.68. The first kappa shape index (κ1) is 23.5. The van der Waals surface area contributed by atoms with Gasteiger partial charge in [0.15, 0.2) is 5.96 Å². The molecule has 4 aliphatic rings. The lowest BCUT2D eigenvalue weighted by molar-refractivity contribution is -0.140. The van der Waals surface area contributed by atoms with Crippen molar-refractivity contribution in [2.75, 3.05) is 46.3 Å². The molecule has 2 saturated heterocycles. The Hall–Kier alpha value is -1.16. The van der Waals surface area contributed by atoms with Gasteiger partial charge in [0.2, 0.25) is 11.8 Å². The Bertz CT molecular complexity index is 659. The summed E-state index contributed by atoms with van der Waals surface area (Å²) in [7, 11) is 1.76. The molecule has 8 heteroatoms. The van der Waals surface area contributed by atoms with Crippen molar-refractivity contribution >= 4 is 41.8 Å². The van der Waals surface area contributed by atoms with Crippen molar-refractivity contribution in [1.29, 1.82) is 0 Å². The number of likely N-dealkylation sites (tertiary alicyclic amines) is 2. The number of hydrogen-bond donors (Lipinski definition) is 2. The van der Waals surface area contributed by atoms with Crippen LogP contribution in [-0.2, 0) is 9.59 Å². The van der Waals surface area contributed by atoms with Gasteiger partial charge >= 0.3 is 0 Å². The average Bonchev–Trinajstić information content (AvgIpc) is 3.42. The maximum Gasteiger partial charge on any atom is 0.233 e. The van der Waals surface area contributed by atoms with Crippen molar-refractivity contribution in [2.45, 2.75) is 32.6 Å². The predicted octanol–water partition coefficient (Wildman–Crippen LogP) is 1.70. The number of halogens is 1. The third kappa shape index (κ3) is 4.69. The summed E-state index contributed by atoms with van der Waals surface area (Å²) in [6, 6.07) is 0. The number of rotatable bonds is 7. The topological polar surface area (TPSA) is 77.0 Å². The number of amides is 2. The summed E-state index contributed by atoms with van der Waals surface area (Å²) in [5, 5.41) is 6.64. The number of carbonyl (C=O) groups excluding carboxylic acids is 2. The van der Waals surface area contributed by atoms with E-state index >= 15 is 0 Å². The van der Waals surface area contributed by atoms with E-state index in [0.29, 0.717) is 13.1 Å². The molecule has 2 aliphatic carbocycles. The Kier molecular flexibility index (Phi) is 8.17. The molecule has 2 aliphatic heterocycles. The van der Waals surface area contributed by atoms with Crippen LogP contribution in [0.2, 0.25) is 0 Å². The van der Waals surface area contributed by atoms with Gasteiger partial charge in [-0.15, -0.1) is 24.0 Å². The highest BCUT2D eigenvalue weighted by molar-refractivity contribution is 14.0. The van der Waals surface area contributed by atoms with E-state index in [1.165, 1.54) is 30.8 Å². The molecular formula is C22H36IN5O2. The van der Waals surface area contributed by atoms with Crippen LogP contribution in [-0.4, -0.2) is 73.9 Å². The molecule has 4 unspecified atom stereocenters. The smallest absolute Gasteiger partial charge is 0.233 e. The van der Waals surface area contributed by atoms with E-state index in [1.54, 1.807) is 7.05 Å². The highest BCUT2D eigenvalue weighted by Gasteiger charge is 2.58. The second-order valence-corrected chi connectivity index (χ2v) is 8.92. The Morgan fingerprint density at radius 1 is 1.07 bits per heavy atom. The number of hydrogen-bond acceptors (Lipinski definition) is 4. The lowest BCUT2D eigenvalue weighted by atomic mass is 9.85. The first-order valence-electron chi connectivity index (χ1n) is 11.3. The molecule has 30 heavy (non-hydrogen) atoms. The van der Waals surface area contributed by atoms with Gasteiger partial charge in [0.25, 0.3) is 0 Å². The summed E-state index contributed by atoms with van der Waals surface area (Å²) >= 11 is 0. The Balaban J connectivity index is 0.00000256. The molecule has 0 aromatic rings. The van der Waals surface area contributed by atoms with E-state index in [2.05, 4.69) is 39.6 Å². The molecule has 3 fully saturated rings. The molecule has 2 heterocycles. The summed E-state index contributed by atoms with van der Waals surface area (Å²) < 4.78 is 0. The van der Waals surface area contributed by atoms with Crippen molar-refractivity contribution in [2.24, 2.45) is 34.6 Å². The number of fused-ring (bicyclic) bond motifs is 5. The maximum atomic E-state index is 12.7. The van der Waals surface area contributed by atoms with Gasteiger partial charge in [0.05, 0.1) is 11.8 Å². The highest BCUT2D eigenvalue weighted by Crippen LogP contribution is 2.52. The van der Waals surface area contributed by atoms with E-state index < -0.39 is 0 Å². The maximum absolute atomic E-state index is 12.7. The number of imide groups is 1. The van der Waals surface area contributed by atoms with Gasteiger partial charge < -0.3 is 15.5 Å². The van der Waals surface area contributed by atoms with Crippen LogP contribution in [0.25, 0.3) is 0 Å². The van der Waals surface area contributed by atoms with Crippen molar-refractivity contribution in [3.8, 4) is 0 Å². The first-order chi connectivity index (χ1) is 14.1. The van der Waals surface area contributed by atoms with Crippen LogP contribution in [0.5, 0.6) is 0 Å². The fourth-order valence-electron chi connectivity index (χ4n) is 5.68. The average molecular weight is 529 g/mol. The van der Waals surface area contributed by atoms with E-state index in [-0.39, 0.29) is 59.5 Å². The minimum absolute atomic E-state index is 0. The van der Waals surface area contributed by atoms with Crippen LogP contribution in [0.1, 0.15) is 32.6 Å². The van der Waals surface area contributed by atoms with Crippen molar-refractivity contribution in [3.63, 3.8) is 0 Å². The molecule has 1 saturated carbocycles. The number of aliphatic imine (C=N–C) groups is 1. The monoisotopic (exact) mass is 529 g/mol. The van der Waals surface area contributed by atoms with Crippen LogP contribution >= 0.6 is 24.0 Å². The zero-order chi connectivity index (χ0) is 20.4. The van der Waals surface area contributed by atoms with E-state index in [9.17, 15) is 9.59 Å². The first-order valence-corrected chi connectivity index (χ1v) is 11.3. The van der Waals surface area contributed by atoms with Crippen LogP contribution in [0.4, 0.5) is 0 Å². The highest BCUT2D eigenvalue weighted by atomic mass is 127. The number of carbonyl (C=O) groups is 2. The lowest BCUT2D eigenvalue weighted by Crippen LogP contribution is -2.44. The van der Waals surface area contributed by atoms with Gasteiger partial charge in [-0.25, -0.2) is 0 Å². The molecule has 4 rings (SSSR count). The predicted molar refractivity (Wildman–Crippen MR) is 129 cm³/mol. The molecule has 2 N–H and O–H groups in total. The number of nitrogens with one attached hydrogen (secondary N) is 2. The zero-order valence-corrected chi connectivity index (χ0v) is 20.5. The molecule has 0 aromatic heterocycles. The quantitative estimate of drug-likeness (QED) is 0.173. The summed E-state index contributed by atoms with van der Waals surface area (Å²) in [4.78, 5) is 33.7. The molecular weight excluding hydrogens is 493 g/mol. The normalized spacial score (nSPS) is 31.3. The standard InChI is InChI=1S/C22H35N5O2.HI/c1-3-26-11-7-15(8-12-26)6-9-24-22(23-2)25-10-13-27-20(28)18-16-4-5-17(14-16)19(18)21(27)29;/h4-5,15-19H,3,6-14H2,1-2H3,(H2,23,24,25);1H. The van der Waals surface area contributed by atoms with Gasteiger partial charge in [-0.3, -0.25) is 19.5 Å². The van der Waals surface area contributed by atoms with Gasteiger partial charge in [-0.1, -0.05) is 19.1 Å². The third-order valence-electron chi connectivity index (χ3n) is 7.41. The van der Waals surface area contributed by atoms with E-state index in [0.717, 1.165) is 37.8 Å². The summed E-state index contributed by atoms with van der Waals surface area (Å²) in [5.74, 6) is 1.93. The Morgan fingerprint density at radius 3 is 2.23 bits per heavy atom. The lowest BCUT2D eigenvalue weighted by Gasteiger charge is -2.31. The zero-order valence-electron chi connectivity index (χ0n) is 18.2. The Labute approximate surface area is 197 Å². The van der Waals surface area contributed by atoms with Gasteiger partial charge in [0.1, 0.15) is 0 Å². The molecule has 2 bridgehead atoms. The minimum atomic E-state index is -0.103. The molecule has 168 valence electrons. The largest absolute Gasteiger partial charge is 0.356 e. The van der Waals surface area contributed by atoms with Crippen LogP contribution in [0, 0.1) is 29.6 Å². The van der Waals surface area contributed by atoms with E-state index in [1.807, 2.05) is 0 Å². The van der Waals surface area contributed by atoms with Gasteiger partial charge in [-0.05, 0) is 63.1 Å². The molecule has 2 amide bonds. The van der Waals surface area contributed by atoms with Crippen molar-refractivity contribution in [1.82, 2.24) is 20.4 Å². The van der Waals surface area contributed by atoms with Crippen LogP contribution < -0.4 is 10.6 Å². The number of guanidine groups is 1. The Morgan fingerprint density at radius 2 is 1.67 bits per heavy atom. The number of piperidine rings is 1. The second-order valence-electron chi connectivity index (χ2n) is 8.92. The second kappa shape index (κ2) is 10.4. The number of nitrogens with zero attached hydrogens (tertiary/aromatic N) is 3. The summed E-state index contributed by atoms with van der Waals surface area (Å²) in [6.07, 6.45) is 8.96. The summed E-state index contributed by atoms with van der Waals surface area (Å²) in [5.41, 5.74) is 0. The molecule has 4 atom stereocenters. The minimum Gasteiger partial charge on any atom is -0.356 e. The molecule has 0 radical (unpaired) electrons. The fraction of sp³-hybridized carbons (Fsp3) is 0.773. The van der Waals surface area contributed by atoms with Gasteiger partial charge in [-0.2, -0.15) is 0 Å². The van der Waals surface area contributed by atoms with Crippen molar-refractivity contribution in [3.05, 3.63) is 12.2 Å². The van der Waals surface area contributed by atoms with Crippen molar-refractivity contribution < 1.29 is 9.59 Å². The van der Waals surface area contributed by atoms with E-state index in [4.69, 9.17) is 0 Å². The van der Waals surface area contributed by atoms with Crippen LogP contribution in [0.3, 0.4) is 0 Å². The van der Waals surface area contributed by atoms with Crippen LogP contribution in [0.15, 0.2) is 17.1 Å². The molecule has 7 nitrogen and oxygen atoms in total. The third-order valence-corrected chi connectivity index (χ3v) is 7.41. The SMILES string of the molecule is CCN1CCC(CCNC(=NC)NCCN2C(=O)C3C4C=CC(C4)C3C2=O)CC1.I.